The predicted octanol–water partition coefficient (Wildman–Crippen LogP) is 2.29. The maximum absolute atomic E-state index is 4.22. The molecule has 4 nitrogen and oxygen atoms in total. The standard InChI is InChI=1S/C15H20N4.ClH/c1-12-10-19(8-7-16-12)11-14-9-17-18-15(14)13-5-3-2-4-6-13;/h2-6,9,12,16H,7-8,10-11H2,1H3,(H,17,18);1H/t12-;/m0./s1. The van der Waals surface area contributed by atoms with Gasteiger partial charge in [0.15, 0.2) is 0 Å². The molecule has 0 spiro atoms. The number of nitrogens with one attached hydrogen (secondary N) is 2. The van der Waals surface area contributed by atoms with Gasteiger partial charge in [-0.3, -0.25) is 10.00 Å². The molecule has 1 saturated heterocycles. The molecule has 0 saturated carbocycles. The van der Waals surface area contributed by atoms with Crippen molar-refractivity contribution in [3.63, 3.8) is 0 Å². The lowest BCUT2D eigenvalue weighted by Gasteiger charge is -2.31. The Hall–Kier alpha value is -1.36. The molecular weight excluding hydrogens is 272 g/mol. The SMILES string of the molecule is C[C@H]1CN(Cc2cn[nH]c2-c2ccccc2)CCN1.Cl. The van der Waals surface area contributed by atoms with Crippen LogP contribution in [-0.2, 0) is 6.54 Å². The minimum Gasteiger partial charge on any atom is -0.312 e. The number of hydrogen-bond donors (Lipinski definition) is 2. The highest BCUT2D eigenvalue weighted by molar-refractivity contribution is 5.85. The minimum atomic E-state index is 0. The van der Waals surface area contributed by atoms with Crippen LogP contribution >= 0.6 is 12.4 Å². The summed E-state index contributed by atoms with van der Waals surface area (Å²) >= 11 is 0. The van der Waals surface area contributed by atoms with Crippen LogP contribution in [0, 0.1) is 0 Å². The van der Waals surface area contributed by atoms with Crippen molar-refractivity contribution in [3.8, 4) is 11.3 Å². The lowest BCUT2D eigenvalue weighted by Crippen LogP contribution is -2.48. The molecule has 0 bridgehead atoms. The number of halogens is 1. The first kappa shape index (κ1) is 15.0. The van der Waals surface area contributed by atoms with Crippen molar-refractivity contribution in [1.29, 1.82) is 0 Å². The number of aromatic amines is 1. The van der Waals surface area contributed by atoms with Gasteiger partial charge in [-0.15, -0.1) is 12.4 Å². The number of rotatable bonds is 3. The van der Waals surface area contributed by atoms with E-state index in [1.807, 2.05) is 12.3 Å². The van der Waals surface area contributed by atoms with Crippen LogP contribution in [0.1, 0.15) is 12.5 Å². The van der Waals surface area contributed by atoms with E-state index in [9.17, 15) is 0 Å². The second-order valence-corrected chi connectivity index (χ2v) is 5.23. The highest BCUT2D eigenvalue weighted by Gasteiger charge is 2.17. The summed E-state index contributed by atoms with van der Waals surface area (Å²) in [4.78, 5) is 2.48. The van der Waals surface area contributed by atoms with Gasteiger partial charge in [-0.1, -0.05) is 30.3 Å². The molecule has 2 aromatic rings. The number of H-pyrrole nitrogens is 1. The largest absolute Gasteiger partial charge is 0.312 e. The van der Waals surface area contributed by atoms with E-state index in [1.165, 1.54) is 11.1 Å². The summed E-state index contributed by atoms with van der Waals surface area (Å²) in [5.41, 5.74) is 3.63. The summed E-state index contributed by atoms with van der Waals surface area (Å²) in [7, 11) is 0. The Morgan fingerprint density at radius 1 is 1.30 bits per heavy atom. The fourth-order valence-corrected chi connectivity index (χ4v) is 2.68. The van der Waals surface area contributed by atoms with Crippen molar-refractivity contribution in [3.05, 3.63) is 42.1 Å². The maximum atomic E-state index is 4.22. The maximum Gasteiger partial charge on any atom is 0.0695 e. The van der Waals surface area contributed by atoms with Crippen LogP contribution < -0.4 is 5.32 Å². The zero-order valence-corrected chi connectivity index (χ0v) is 12.5. The van der Waals surface area contributed by atoms with E-state index in [-0.39, 0.29) is 12.4 Å². The van der Waals surface area contributed by atoms with Gasteiger partial charge in [0.05, 0.1) is 11.9 Å². The number of nitrogens with zero attached hydrogens (tertiary/aromatic N) is 2. The van der Waals surface area contributed by atoms with Crippen LogP contribution in [0.25, 0.3) is 11.3 Å². The van der Waals surface area contributed by atoms with Crippen molar-refractivity contribution in [2.75, 3.05) is 19.6 Å². The Morgan fingerprint density at radius 2 is 2.10 bits per heavy atom. The van der Waals surface area contributed by atoms with Crippen LogP contribution in [0.5, 0.6) is 0 Å². The normalized spacial score (nSPS) is 19.6. The van der Waals surface area contributed by atoms with Gasteiger partial charge in [0, 0.05) is 37.8 Å². The molecule has 1 fully saturated rings. The molecule has 5 heteroatoms. The molecule has 1 aliphatic heterocycles. The molecule has 2 heterocycles. The summed E-state index contributed by atoms with van der Waals surface area (Å²) in [5, 5.41) is 10.8. The van der Waals surface area contributed by atoms with E-state index < -0.39 is 0 Å². The van der Waals surface area contributed by atoms with Crippen LogP contribution in [0.2, 0.25) is 0 Å². The van der Waals surface area contributed by atoms with Crippen LogP contribution in [-0.4, -0.2) is 40.8 Å². The van der Waals surface area contributed by atoms with Gasteiger partial charge in [0.2, 0.25) is 0 Å². The van der Waals surface area contributed by atoms with E-state index in [1.54, 1.807) is 0 Å². The van der Waals surface area contributed by atoms with E-state index >= 15 is 0 Å². The second kappa shape index (κ2) is 6.88. The number of piperazine rings is 1. The fourth-order valence-electron chi connectivity index (χ4n) is 2.68. The Labute approximate surface area is 126 Å². The van der Waals surface area contributed by atoms with E-state index in [0.717, 1.165) is 31.9 Å². The molecule has 1 aromatic carbocycles. The minimum absolute atomic E-state index is 0. The highest BCUT2D eigenvalue weighted by atomic mass is 35.5. The lowest BCUT2D eigenvalue weighted by atomic mass is 10.1. The summed E-state index contributed by atoms with van der Waals surface area (Å²) < 4.78 is 0. The highest BCUT2D eigenvalue weighted by Crippen LogP contribution is 2.22. The first-order valence-corrected chi connectivity index (χ1v) is 6.86. The van der Waals surface area contributed by atoms with E-state index in [4.69, 9.17) is 0 Å². The molecule has 0 aliphatic carbocycles. The molecule has 3 rings (SSSR count). The molecule has 2 N–H and O–H groups in total. The van der Waals surface area contributed by atoms with Crippen molar-refractivity contribution >= 4 is 12.4 Å². The average molecular weight is 293 g/mol. The van der Waals surface area contributed by atoms with Crippen molar-refractivity contribution in [2.24, 2.45) is 0 Å². The first-order valence-electron chi connectivity index (χ1n) is 6.86. The third kappa shape index (κ3) is 3.39. The monoisotopic (exact) mass is 292 g/mol. The van der Waals surface area contributed by atoms with Crippen molar-refractivity contribution in [2.45, 2.75) is 19.5 Å². The van der Waals surface area contributed by atoms with Gasteiger partial charge in [-0.05, 0) is 12.5 Å². The fraction of sp³-hybridized carbons (Fsp3) is 0.400. The lowest BCUT2D eigenvalue weighted by molar-refractivity contribution is 0.200. The summed E-state index contributed by atoms with van der Waals surface area (Å²) in [5.74, 6) is 0. The Balaban J connectivity index is 0.00000147. The molecule has 0 amide bonds. The van der Waals surface area contributed by atoms with Gasteiger partial charge in [-0.25, -0.2) is 0 Å². The Morgan fingerprint density at radius 3 is 2.85 bits per heavy atom. The second-order valence-electron chi connectivity index (χ2n) is 5.23. The Bertz CT molecular complexity index is 526. The van der Waals surface area contributed by atoms with Gasteiger partial charge in [0.25, 0.3) is 0 Å². The molecule has 1 atom stereocenters. The summed E-state index contributed by atoms with van der Waals surface area (Å²) in [6, 6.07) is 11.0. The van der Waals surface area contributed by atoms with Gasteiger partial charge in [0.1, 0.15) is 0 Å². The topological polar surface area (TPSA) is 44.0 Å². The number of hydrogen-bond acceptors (Lipinski definition) is 3. The van der Waals surface area contributed by atoms with Crippen LogP contribution in [0.15, 0.2) is 36.5 Å². The molecule has 108 valence electrons. The molecule has 1 aromatic heterocycles. The quantitative estimate of drug-likeness (QED) is 0.912. The smallest absolute Gasteiger partial charge is 0.0695 e. The van der Waals surface area contributed by atoms with Gasteiger partial charge >= 0.3 is 0 Å². The van der Waals surface area contributed by atoms with E-state index in [0.29, 0.717) is 6.04 Å². The molecule has 20 heavy (non-hydrogen) atoms. The zero-order valence-electron chi connectivity index (χ0n) is 11.7. The molecule has 0 unspecified atom stereocenters. The predicted molar refractivity (Wildman–Crippen MR) is 84.0 cm³/mol. The molecule has 0 radical (unpaired) electrons. The van der Waals surface area contributed by atoms with Crippen LogP contribution in [0.3, 0.4) is 0 Å². The van der Waals surface area contributed by atoms with E-state index in [2.05, 4.69) is 51.6 Å². The zero-order chi connectivity index (χ0) is 13.1. The van der Waals surface area contributed by atoms with Gasteiger partial charge < -0.3 is 5.32 Å². The summed E-state index contributed by atoms with van der Waals surface area (Å²) in [6.45, 7) is 6.47. The molecular formula is C15H21ClN4. The Kier molecular flexibility index (Phi) is 5.17. The third-order valence-corrected chi connectivity index (χ3v) is 3.63. The first-order chi connectivity index (χ1) is 9.33. The van der Waals surface area contributed by atoms with Crippen LogP contribution in [0.4, 0.5) is 0 Å². The summed E-state index contributed by atoms with van der Waals surface area (Å²) in [6.07, 6.45) is 1.95. The van der Waals surface area contributed by atoms with Crippen molar-refractivity contribution in [1.82, 2.24) is 20.4 Å². The van der Waals surface area contributed by atoms with Gasteiger partial charge in [-0.2, -0.15) is 5.10 Å². The third-order valence-electron chi connectivity index (χ3n) is 3.63. The number of benzene rings is 1. The van der Waals surface area contributed by atoms with Crippen molar-refractivity contribution < 1.29 is 0 Å². The number of aromatic nitrogens is 2. The molecule has 1 aliphatic rings. The average Bonchev–Trinajstić information content (AvgIpc) is 2.88.